The van der Waals surface area contributed by atoms with Crippen molar-refractivity contribution in [2.45, 2.75) is 52.7 Å². The Kier molecular flexibility index (Phi) is 6.49. The van der Waals surface area contributed by atoms with Crippen LogP contribution in [0.4, 0.5) is 0 Å². The lowest BCUT2D eigenvalue weighted by atomic mass is 9.79. The standard InChI is InChI=1S/C28H27N3O3S.ClH/c1-15-6-20(7-16(2)25(15)24-14-35-13-17(24)3)27-29-26(30-34-27)18-4-5-19-11-31(12-22(19)8-18)23-9-21(10-23)28(32)33;/h4-8,13-14,21,23H,9-12H2,1-3H3,(H,32,33);1H. The second-order valence-corrected chi connectivity index (χ2v) is 10.7. The van der Waals surface area contributed by atoms with E-state index in [-0.39, 0.29) is 18.3 Å². The highest BCUT2D eigenvalue weighted by molar-refractivity contribution is 7.08. The van der Waals surface area contributed by atoms with E-state index in [1.165, 1.54) is 38.9 Å². The number of thiophene rings is 1. The molecule has 4 aromatic rings. The fourth-order valence-corrected chi connectivity index (χ4v) is 6.33. The Morgan fingerprint density at radius 2 is 1.72 bits per heavy atom. The van der Waals surface area contributed by atoms with Gasteiger partial charge >= 0.3 is 5.97 Å². The topological polar surface area (TPSA) is 79.5 Å². The molecule has 8 heteroatoms. The van der Waals surface area contributed by atoms with E-state index in [0.717, 1.165) is 37.1 Å². The van der Waals surface area contributed by atoms with Crippen molar-refractivity contribution < 1.29 is 14.4 Å². The zero-order chi connectivity index (χ0) is 24.3. The third-order valence-corrected chi connectivity index (χ3v) is 8.38. The van der Waals surface area contributed by atoms with Crippen LogP contribution in [0.2, 0.25) is 0 Å². The SMILES string of the molecule is Cc1cscc1-c1c(C)cc(-c2nc(-c3ccc4c(c3)CN(C3CC(C(=O)O)C3)C4)no2)cc1C.Cl. The smallest absolute Gasteiger partial charge is 0.306 e. The fraction of sp³-hybridized carbons (Fsp3) is 0.321. The van der Waals surface area contributed by atoms with Crippen LogP contribution >= 0.6 is 23.7 Å². The molecule has 1 fully saturated rings. The Morgan fingerprint density at radius 1 is 1.00 bits per heavy atom. The minimum Gasteiger partial charge on any atom is -0.481 e. The van der Waals surface area contributed by atoms with Crippen LogP contribution < -0.4 is 0 Å². The van der Waals surface area contributed by atoms with Gasteiger partial charge in [-0.05, 0) is 102 Å². The predicted molar refractivity (Wildman–Crippen MR) is 143 cm³/mol. The van der Waals surface area contributed by atoms with Crippen molar-refractivity contribution >= 4 is 29.7 Å². The summed E-state index contributed by atoms with van der Waals surface area (Å²) in [6, 6.07) is 10.9. The molecule has 3 heterocycles. The molecule has 2 aliphatic rings. The summed E-state index contributed by atoms with van der Waals surface area (Å²) in [5.41, 5.74) is 10.7. The lowest BCUT2D eigenvalue weighted by Gasteiger charge is -2.39. The molecule has 0 bridgehead atoms. The molecular formula is C28H28ClN3O3S. The number of rotatable bonds is 5. The van der Waals surface area contributed by atoms with Gasteiger partial charge in [0.25, 0.3) is 5.89 Å². The molecule has 0 atom stereocenters. The number of fused-ring (bicyclic) bond motifs is 1. The quantitative estimate of drug-likeness (QED) is 0.316. The minimum atomic E-state index is -0.672. The normalized spacial score (nSPS) is 19.0. The van der Waals surface area contributed by atoms with Gasteiger partial charge in [0.05, 0.1) is 5.92 Å². The molecule has 0 spiro atoms. The van der Waals surface area contributed by atoms with Crippen LogP contribution in [0.5, 0.6) is 0 Å². The van der Waals surface area contributed by atoms with Gasteiger partial charge in [0, 0.05) is 30.3 Å². The molecule has 0 unspecified atom stereocenters. The molecule has 36 heavy (non-hydrogen) atoms. The van der Waals surface area contributed by atoms with E-state index in [9.17, 15) is 9.90 Å². The lowest BCUT2D eigenvalue weighted by Crippen LogP contribution is -2.44. The van der Waals surface area contributed by atoms with Crippen molar-refractivity contribution in [3.8, 4) is 34.0 Å². The summed E-state index contributed by atoms with van der Waals surface area (Å²) in [4.78, 5) is 18.3. The predicted octanol–water partition coefficient (Wildman–Crippen LogP) is 6.66. The monoisotopic (exact) mass is 521 g/mol. The van der Waals surface area contributed by atoms with Gasteiger partial charge in [-0.15, -0.1) is 12.4 Å². The van der Waals surface area contributed by atoms with Crippen molar-refractivity contribution in [3.05, 3.63) is 68.9 Å². The van der Waals surface area contributed by atoms with Gasteiger partial charge in [0.2, 0.25) is 5.82 Å². The Morgan fingerprint density at radius 3 is 2.39 bits per heavy atom. The first-order chi connectivity index (χ1) is 16.9. The number of hydrogen-bond acceptors (Lipinski definition) is 6. The Labute approximate surface area is 220 Å². The molecule has 1 aliphatic heterocycles. The zero-order valence-electron chi connectivity index (χ0n) is 20.4. The van der Waals surface area contributed by atoms with Gasteiger partial charge in [0.15, 0.2) is 0 Å². The summed E-state index contributed by atoms with van der Waals surface area (Å²) < 4.78 is 5.68. The summed E-state index contributed by atoms with van der Waals surface area (Å²) in [5, 5.41) is 17.8. The van der Waals surface area contributed by atoms with Crippen LogP contribution in [-0.4, -0.2) is 32.2 Å². The van der Waals surface area contributed by atoms with Gasteiger partial charge in [-0.1, -0.05) is 17.3 Å². The Bertz CT molecular complexity index is 1430. The maximum atomic E-state index is 11.1. The fourth-order valence-electron chi connectivity index (χ4n) is 5.49. The number of carboxylic acid groups (broad SMARTS) is 1. The highest BCUT2D eigenvalue weighted by Crippen LogP contribution is 2.38. The molecule has 6 rings (SSSR count). The van der Waals surface area contributed by atoms with Crippen molar-refractivity contribution in [1.82, 2.24) is 15.0 Å². The third kappa shape index (κ3) is 4.25. The maximum Gasteiger partial charge on any atom is 0.306 e. The van der Waals surface area contributed by atoms with Crippen molar-refractivity contribution in [3.63, 3.8) is 0 Å². The lowest BCUT2D eigenvalue weighted by molar-refractivity contribution is -0.147. The molecular weight excluding hydrogens is 494 g/mol. The molecule has 0 radical (unpaired) electrons. The van der Waals surface area contributed by atoms with E-state index in [0.29, 0.717) is 17.8 Å². The number of halogens is 1. The van der Waals surface area contributed by atoms with E-state index in [1.807, 2.05) is 0 Å². The first kappa shape index (κ1) is 24.7. The maximum absolute atomic E-state index is 11.1. The zero-order valence-corrected chi connectivity index (χ0v) is 22.1. The molecule has 2 aromatic heterocycles. The molecule has 186 valence electrons. The first-order valence-corrected chi connectivity index (χ1v) is 12.9. The molecule has 1 N–H and O–H groups in total. The average molecular weight is 522 g/mol. The number of nitrogens with zero attached hydrogens (tertiary/aromatic N) is 3. The van der Waals surface area contributed by atoms with Gasteiger partial charge in [-0.2, -0.15) is 16.3 Å². The largest absolute Gasteiger partial charge is 0.481 e. The summed E-state index contributed by atoms with van der Waals surface area (Å²) in [7, 11) is 0. The number of carboxylic acids is 1. The van der Waals surface area contributed by atoms with Gasteiger partial charge in [0.1, 0.15) is 0 Å². The Balaban J connectivity index is 0.00000267. The first-order valence-electron chi connectivity index (χ1n) is 11.9. The van der Waals surface area contributed by atoms with Crippen LogP contribution in [-0.2, 0) is 17.9 Å². The number of hydrogen-bond donors (Lipinski definition) is 1. The van der Waals surface area contributed by atoms with Gasteiger partial charge in [-0.3, -0.25) is 9.69 Å². The van der Waals surface area contributed by atoms with E-state index < -0.39 is 5.97 Å². The van der Waals surface area contributed by atoms with Crippen molar-refractivity contribution in [1.29, 1.82) is 0 Å². The molecule has 1 saturated carbocycles. The number of aliphatic carboxylic acids is 1. The van der Waals surface area contributed by atoms with Gasteiger partial charge < -0.3 is 9.63 Å². The Hall–Kier alpha value is -3.00. The molecule has 6 nitrogen and oxygen atoms in total. The van der Waals surface area contributed by atoms with E-state index >= 15 is 0 Å². The molecule has 0 amide bonds. The highest BCUT2D eigenvalue weighted by atomic mass is 35.5. The van der Waals surface area contributed by atoms with E-state index in [2.05, 4.69) is 71.9 Å². The van der Waals surface area contributed by atoms with Crippen molar-refractivity contribution in [2.24, 2.45) is 5.92 Å². The average Bonchev–Trinajstić information content (AvgIpc) is 3.51. The molecule has 2 aromatic carbocycles. The second kappa shape index (κ2) is 9.47. The van der Waals surface area contributed by atoms with Crippen LogP contribution in [0.3, 0.4) is 0 Å². The molecule has 0 saturated heterocycles. The number of aryl methyl sites for hydroxylation is 3. The van der Waals surface area contributed by atoms with Crippen LogP contribution in [0.15, 0.2) is 45.6 Å². The van der Waals surface area contributed by atoms with Crippen LogP contribution in [0, 0.1) is 26.7 Å². The van der Waals surface area contributed by atoms with Crippen molar-refractivity contribution in [2.75, 3.05) is 0 Å². The van der Waals surface area contributed by atoms with Gasteiger partial charge in [-0.25, -0.2) is 0 Å². The highest BCUT2D eigenvalue weighted by Gasteiger charge is 2.39. The van der Waals surface area contributed by atoms with E-state index in [1.54, 1.807) is 11.3 Å². The molecule has 1 aliphatic carbocycles. The summed E-state index contributed by atoms with van der Waals surface area (Å²) in [6.45, 7) is 8.13. The number of carbonyl (C=O) groups is 1. The third-order valence-electron chi connectivity index (χ3n) is 7.52. The number of benzene rings is 2. The van der Waals surface area contributed by atoms with E-state index in [4.69, 9.17) is 9.51 Å². The summed E-state index contributed by atoms with van der Waals surface area (Å²) in [5.74, 6) is 0.252. The second-order valence-electron chi connectivity index (χ2n) is 9.93. The summed E-state index contributed by atoms with van der Waals surface area (Å²) in [6.07, 6.45) is 1.49. The minimum absolute atomic E-state index is 0. The summed E-state index contributed by atoms with van der Waals surface area (Å²) >= 11 is 1.73. The van der Waals surface area contributed by atoms with Crippen LogP contribution in [0.25, 0.3) is 34.0 Å². The van der Waals surface area contributed by atoms with Crippen LogP contribution in [0.1, 0.15) is 40.7 Å². The number of aromatic nitrogens is 2.